The lowest BCUT2D eigenvalue weighted by molar-refractivity contribution is 0.0472. The first-order valence-corrected chi connectivity index (χ1v) is 10.5. The van der Waals surface area contributed by atoms with Crippen LogP contribution in [-0.4, -0.2) is 47.5 Å². The maximum Gasteiger partial charge on any atom is 0.340 e. The van der Waals surface area contributed by atoms with Gasteiger partial charge >= 0.3 is 11.9 Å². The van der Waals surface area contributed by atoms with Gasteiger partial charge in [0.05, 0.1) is 23.4 Å². The van der Waals surface area contributed by atoms with Gasteiger partial charge < -0.3 is 14.5 Å². The molecular weight excluding hydrogens is 438 g/mol. The normalized spacial score (nSPS) is 10.4. The Bertz CT molecular complexity index is 1250. The van der Waals surface area contributed by atoms with Crippen LogP contribution in [-0.2, 0) is 9.47 Å². The molecule has 0 bridgehead atoms. The molecule has 0 saturated heterocycles. The number of Topliss-reactive ketones (excluding diaryl/α,β-unsaturated/α-hetero) is 3. The number of nitrogens with one attached hydrogen (secondary N) is 1. The van der Waals surface area contributed by atoms with Crippen molar-refractivity contribution in [1.82, 2.24) is 4.98 Å². The summed E-state index contributed by atoms with van der Waals surface area (Å²) in [7, 11) is 0. The van der Waals surface area contributed by atoms with Gasteiger partial charge in [-0.1, -0.05) is 42.5 Å². The number of aromatic amines is 1. The lowest BCUT2D eigenvalue weighted by Crippen LogP contribution is -2.16. The first-order valence-electron chi connectivity index (χ1n) is 10.5. The number of ketones is 3. The van der Waals surface area contributed by atoms with Gasteiger partial charge in [0.25, 0.3) is 0 Å². The molecule has 0 aliphatic carbocycles. The first kappa shape index (κ1) is 24.3. The van der Waals surface area contributed by atoms with E-state index in [-0.39, 0.29) is 34.6 Å². The number of esters is 2. The van der Waals surface area contributed by atoms with E-state index in [1.54, 1.807) is 51.1 Å². The SMILES string of the molecule is CCOC(=O)c1c(C)[nH]c(C(=O)COC(=O)c2ccc(C(=O)C(=O)c3ccccc3)cc2)c1C. The molecule has 0 aliphatic rings. The third kappa shape index (κ3) is 5.17. The number of carbonyl (C=O) groups excluding carboxylic acids is 5. The minimum Gasteiger partial charge on any atom is -0.462 e. The zero-order chi connectivity index (χ0) is 24.8. The predicted octanol–water partition coefficient (Wildman–Crippen LogP) is 3.91. The second-order valence-electron chi connectivity index (χ2n) is 7.45. The summed E-state index contributed by atoms with van der Waals surface area (Å²) < 4.78 is 10.1. The van der Waals surface area contributed by atoms with Crippen LogP contribution in [0.2, 0.25) is 0 Å². The van der Waals surface area contributed by atoms with E-state index in [1.165, 1.54) is 24.3 Å². The van der Waals surface area contributed by atoms with E-state index in [4.69, 9.17) is 9.47 Å². The Hall–Kier alpha value is -4.33. The van der Waals surface area contributed by atoms with Gasteiger partial charge in [0, 0.05) is 16.8 Å². The molecule has 0 atom stereocenters. The van der Waals surface area contributed by atoms with Gasteiger partial charge in [0.2, 0.25) is 17.3 Å². The van der Waals surface area contributed by atoms with Gasteiger partial charge in [-0.05, 0) is 38.5 Å². The second kappa shape index (κ2) is 10.5. The topological polar surface area (TPSA) is 120 Å². The van der Waals surface area contributed by atoms with Crippen LogP contribution >= 0.6 is 0 Å². The van der Waals surface area contributed by atoms with Gasteiger partial charge in [-0.15, -0.1) is 0 Å². The molecule has 3 rings (SSSR count). The molecule has 0 unspecified atom stereocenters. The molecule has 8 nitrogen and oxygen atoms in total. The van der Waals surface area contributed by atoms with Crippen LogP contribution in [0.15, 0.2) is 54.6 Å². The fourth-order valence-electron chi connectivity index (χ4n) is 3.43. The minimum atomic E-state index is -0.770. The van der Waals surface area contributed by atoms with E-state index in [2.05, 4.69) is 4.98 Å². The molecule has 0 fully saturated rings. The number of hydrogen-bond donors (Lipinski definition) is 1. The van der Waals surface area contributed by atoms with Crippen molar-refractivity contribution in [3.63, 3.8) is 0 Å². The molecule has 1 N–H and O–H groups in total. The first-order chi connectivity index (χ1) is 16.2. The van der Waals surface area contributed by atoms with E-state index in [0.717, 1.165) is 0 Å². The zero-order valence-electron chi connectivity index (χ0n) is 19.0. The molecule has 8 heteroatoms. The van der Waals surface area contributed by atoms with Crippen LogP contribution in [0, 0.1) is 13.8 Å². The highest BCUT2D eigenvalue weighted by molar-refractivity contribution is 6.49. The molecule has 0 spiro atoms. The van der Waals surface area contributed by atoms with Crippen molar-refractivity contribution in [2.75, 3.05) is 13.2 Å². The summed E-state index contributed by atoms with van der Waals surface area (Å²) >= 11 is 0. The van der Waals surface area contributed by atoms with E-state index in [9.17, 15) is 24.0 Å². The Labute approximate surface area is 195 Å². The molecule has 0 radical (unpaired) electrons. The van der Waals surface area contributed by atoms with E-state index in [1.807, 2.05) is 0 Å². The minimum absolute atomic E-state index is 0.114. The Balaban J connectivity index is 1.64. The Morgan fingerprint density at radius 1 is 0.735 bits per heavy atom. The van der Waals surface area contributed by atoms with Crippen molar-refractivity contribution in [1.29, 1.82) is 0 Å². The molecule has 1 aromatic heterocycles. The molecule has 34 heavy (non-hydrogen) atoms. The highest BCUT2D eigenvalue weighted by Crippen LogP contribution is 2.20. The summed E-state index contributed by atoms with van der Waals surface area (Å²) in [6.45, 7) is 4.60. The summed E-state index contributed by atoms with van der Waals surface area (Å²) in [5.41, 5.74) is 1.86. The smallest absolute Gasteiger partial charge is 0.340 e. The maximum atomic E-state index is 12.6. The van der Waals surface area contributed by atoms with Gasteiger partial charge in [-0.2, -0.15) is 0 Å². The number of hydrogen-bond acceptors (Lipinski definition) is 7. The summed E-state index contributed by atoms with van der Waals surface area (Å²) in [6.07, 6.45) is 0. The van der Waals surface area contributed by atoms with Crippen LogP contribution in [0.4, 0.5) is 0 Å². The Kier molecular flexibility index (Phi) is 7.53. The summed E-state index contributed by atoms with van der Waals surface area (Å²) in [4.78, 5) is 64.5. The molecule has 0 amide bonds. The van der Waals surface area contributed by atoms with Crippen molar-refractivity contribution >= 4 is 29.3 Å². The van der Waals surface area contributed by atoms with Gasteiger partial charge in [0.1, 0.15) is 0 Å². The number of benzene rings is 2. The molecule has 2 aromatic carbocycles. The maximum absolute atomic E-state index is 12.6. The second-order valence-corrected chi connectivity index (χ2v) is 7.45. The van der Waals surface area contributed by atoms with Crippen LogP contribution in [0.25, 0.3) is 0 Å². The number of aryl methyl sites for hydroxylation is 1. The third-order valence-electron chi connectivity index (χ3n) is 5.16. The van der Waals surface area contributed by atoms with E-state index in [0.29, 0.717) is 11.3 Å². The standard InChI is InChI=1S/C26H23NO7/c1-4-33-26(32)21-15(2)22(27-16(21)3)20(28)14-34-25(31)19-12-10-18(11-13-19)24(30)23(29)17-8-6-5-7-9-17/h5-13,27H,4,14H2,1-3H3. The average molecular weight is 461 g/mol. The zero-order valence-corrected chi connectivity index (χ0v) is 19.0. The fourth-order valence-corrected chi connectivity index (χ4v) is 3.43. The monoisotopic (exact) mass is 461 g/mol. The van der Waals surface area contributed by atoms with Crippen molar-refractivity contribution in [3.05, 3.63) is 93.8 Å². The number of aromatic nitrogens is 1. The molecule has 174 valence electrons. The Morgan fingerprint density at radius 2 is 1.29 bits per heavy atom. The molecule has 3 aromatic rings. The van der Waals surface area contributed by atoms with E-state index < -0.39 is 35.9 Å². The summed E-state index contributed by atoms with van der Waals surface area (Å²) in [5, 5.41) is 0. The predicted molar refractivity (Wildman–Crippen MR) is 122 cm³/mol. The van der Waals surface area contributed by atoms with Crippen LogP contribution in [0.5, 0.6) is 0 Å². The largest absolute Gasteiger partial charge is 0.462 e. The highest BCUT2D eigenvalue weighted by atomic mass is 16.5. The molecular formula is C26H23NO7. The van der Waals surface area contributed by atoms with Crippen LogP contribution in [0.3, 0.4) is 0 Å². The number of carbonyl (C=O) groups is 5. The van der Waals surface area contributed by atoms with Gasteiger partial charge in [-0.25, -0.2) is 9.59 Å². The van der Waals surface area contributed by atoms with Gasteiger partial charge in [0.15, 0.2) is 6.61 Å². The van der Waals surface area contributed by atoms with Crippen LogP contribution < -0.4 is 0 Å². The number of H-pyrrole nitrogens is 1. The summed E-state index contributed by atoms with van der Waals surface area (Å²) in [6, 6.07) is 13.6. The molecule has 0 aliphatic heterocycles. The third-order valence-corrected chi connectivity index (χ3v) is 5.16. The molecule has 0 saturated carbocycles. The van der Waals surface area contributed by atoms with Crippen molar-refractivity contribution in [3.8, 4) is 0 Å². The average Bonchev–Trinajstić information content (AvgIpc) is 3.16. The fraction of sp³-hybridized carbons (Fsp3) is 0.192. The van der Waals surface area contributed by atoms with E-state index >= 15 is 0 Å². The lowest BCUT2D eigenvalue weighted by atomic mass is 10.0. The summed E-state index contributed by atoms with van der Waals surface area (Å²) in [5.74, 6) is -3.17. The quantitative estimate of drug-likeness (QED) is 0.291. The highest BCUT2D eigenvalue weighted by Gasteiger charge is 2.24. The molecule has 1 heterocycles. The van der Waals surface area contributed by atoms with Crippen molar-refractivity contribution in [2.45, 2.75) is 20.8 Å². The lowest BCUT2D eigenvalue weighted by Gasteiger charge is -2.06. The number of rotatable bonds is 9. The van der Waals surface area contributed by atoms with Crippen molar-refractivity contribution in [2.24, 2.45) is 0 Å². The van der Waals surface area contributed by atoms with Gasteiger partial charge in [-0.3, -0.25) is 14.4 Å². The van der Waals surface area contributed by atoms with Crippen molar-refractivity contribution < 1.29 is 33.4 Å². The Morgan fingerprint density at radius 3 is 1.88 bits per heavy atom. The van der Waals surface area contributed by atoms with Crippen LogP contribution in [0.1, 0.15) is 70.1 Å². The number of ether oxygens (including phenoxy) is 2.